The first-order chi connectivity index (χ1) is 27.0. The molecule has 0 unspecified atom stereocenters. The largest absolute Gasteiger partial charge is 0.505 e. The van der Waals surface area contributed by atoms with Gasteiger partial charge < -0.3 is 35.8 Å². The number of carbonyl (C=O) groups excluding carboxylic acids is 2. The van der Waals surface area contributed by atoms with Crippen molar-refractivity contribution in [3.63, 3.8) is 0 Å². The number of hydrogen-bond donors (Lipinski definition) is 6. The van der Waals surface area contributed by atoms with Gasteiger partial charge in [0.1, 0.15) is 40.5 Å². The quantitative estimate of drug-likeness (QED) is 0.103. The molecule has 0 aliphatic carbocycles. The number of methoxy groups -OCH3 is 1. The molecule has 0 radical (unpaired) electrons. The summed E-state index contributed by atoms with van der Waals surface area (Å²) in [6, 6.07) is 15.3. The fourth-order valence-electron chi connectivity index (χ4n) is 5.69. The number of halogens is 3. The number of carboxylic acid groups (broad SMARTS) is 2. The fourth-order valence-corrected chi connectivity index (χ4v) is 6.21. The zero-order valence-electron chi connectivity index (χ0n) is 29.9. The molecule has 6 rings (SSSR count). The number of carboxylic acids is 2. The normalized spacial score (nSPS) is 11.5. The van der Waals surface area contributed by atoms with Crippen LogP contribution in [-0.2, 0) is 22.7 Å². The van der Waals surface area contributed by atoms with E-state index in [4.69, 9.17) is 49.8 Å². The maximum Gasteiger partial charge on any atom is 0.326 e. The zero-order chi connectivity index (χ0) is 41.7. The first-order valence-corrected chi connectivity index (χ1v) is 17.9. The van der Waals surface area contributed by atoms with Crippen molar-refractivity contribution in [2.75, 3.05) is 13.7 Å². The lowest BCUT2D eigenvalue weighted by atomic mass is 10.1. The maximum absolute atomic E-state index is 13.1. The Bertz CT molecular complexity index is 2630. The molecule has 0 aliphatic rings. The highest BCUT2D eigenvalue weighted by Gasteiger charge is 2.27. The van der Waals surface area contributed by atoms with Gasteiger partial charge in [0.15, 0.2) is 11.5 Å². The fraction of sp³-hybridized carbons (Fsp3) is 0.189. The number of aliphatic carboxylic acids is 2. The lowest BCUT2D eigenvalue weighted by molar-refractivity contribution is -0.139. The summed E-state index contributed by atoms with van der Waals surface area (Å²) >= 11 is 17.9. The summed E-state index contributed by atoms with van der Waals surface area (Å²) in [6.07, 6.45) is 2.97. The molecule has 1 atom stereocenters. The van der Waals surface area contributed by atoms with E-state index in [1.165, 1.54) is 50.0 Å². The lowest BCUT2D eigenvalue weighted by Gasteiger charge is -2.16. The smallest absolute Gasteiger partial charge is 0.326 e. The van der Waals surface area contributed by atoms with E-state index in [1.807, 2.05) is 0 Å². The van der Waals surface area contributed by atoms with Crippen LogP contribution in [0.1, 0.15) is 45.2 Å². The molecule has 0 saturated carbocycles. The van der Waals surface area contributed by atoms with Crippen LogP contribution in [0.3, 0.4) is 0 Å². The minimum absolute atomic E-state index is 0.0637. The lowest BCUT2D eigenvalue weighted by Crippen LogP contribution is -2.43. The Morgan fingerprint density at radius 2 is 1.18 bits per heavy atom. The SMILES string of the molecule is CC[C@H](NC(=O)c1c(O)c2cc(Cl)cn2n(Cc2ccc(Cl)cc2)c1=O)C(=O)O.COc1ccc(Cn2c(=O)c(C(=O)NCC(=O)O)c(O)c3cc(Cl)cn32)cc1. The van der Waals surface area contributed by atoms with Gasteiger partial charge in [0, 0.05) is 17.4 Å². The average molecular weight is 844 g/mol. The van der Waals surface area contributed by atoms with Gasteiger partial charge in [-0.15, -0.1) is 0 Å². The molecule has 0 aliphatic heterocycles. The number of nitrogens with zero attached hydrogens (tertiary/aromatic N) is 4. The average Bonchev–Trinajstić information content (AvgIpc) is 3.77. The highest BCUT2D eigenvalue weighted by atomic mass is 35.5. The third-order valence-electron chi connectivity index (χ3n) is 8.51. The van der Waals surface area contributed by atoms with E-state index in [9.17, 15) is 39.0 Å². The summed E-state index contributed by atoms with van der Waals surface area (Å²) in [5.41, 5.74) is -0.979. The van der Waals surface area contributed by atoms with Crippen molar-refractivity contribution < 1.29 is 44.3 Å². The summed E-state index contributed by atoms with van der Waals surface area (Å²) in [6.45, 7) is 1.02. The molecule has 0 bridgehead atoms. The molecule has 298 valence electrons. The van der Waals surface area contributed by atoms with Gasteiger partial charge in [-0.05, 0) is 53.9 Å². The number of aromatic hydroxyl groups is 2. The Hall–Kier alpha value is -6.43. The molecule has 6 N–H and O–H groups in total. The van der Waals surface area contributed by atoms with Crippen molar-refractivity contribution in [2.24, 2.45) is 0 Å². The number of fused-ring (bicyclic) bond motifs is 2. The van der Waals surface area contributed by atoms with Crippen LogP contribution in [0.2, 0.25) is 15.1 Å². The van der Waals surface area contributed by atoms with E-state index < -0.39 is 70.1 Å². The molecule has 20 heteroatoms. The molecule has 0 spiro atoms. The van der Waals surface area contributed by atoms with Crippen LogP contribution in [0.4, 0.5) is 0 Å². The predicted octanol–water partition coefficient (Wildman–Crippen LogP) is 4.09. The van der Waals surface area contributed by atoms with Gasteiger partial charge in [0.25, 0.3) is 22.9 Å². The minimum atomic E-state index is -1.28. The third kappa shape index (κ3) is 9.18. The summed E-state index contributed by atoms with van der Waals surface area (Å²) in [7, 11) is 1.53. The van der Waals surface area contributed by atoms with E-state index in [1.54, 1.807) is 55.5 Å². The summed E-state index contributed by atoms with van der Waals surface area (Å²) in [5, 5.41) is 44.2. The monoisotopic (exact) mass is 842 g/mol. The van der Waals surface area contributed by atoms with Crippen LogP contribution in [0.5, 0.6) is 17.2 Å². The Morgan fingerprint density at radius 1 is 0.719 bits per heavy atom. The van der Waals surface area contributed by atoms with Crippen molar-refractivity contribution in [1.82, 2.24) is 29.0 Å². The molecule has 2 aromatic carbocycles. The Morgan fingerprint density at radius 3 is 1.60 bits per heavy atom. The van der Waals surface area contributed by atoms with E-state index >= 15 is 0 Å². The molecular weight excluding hydrogens is 811 g/mol. The number of carbonyl (C=O) groups is 4. The number of ether oxygens (including phenoxy) is 1. The Kier molecular flexibility index (Phi) is 12.9. The van der Waals surface area contributed by atoms with Crippen LogP contribution in [-0.4, -0.2) is 82.3 Å². The van der Waals surface area contributed by atoms with Gasteiger partial charge in [0.05, 0.1) is 30.2 Å². The molecule has 4 heterocycles. The predicted molar refractivity (Wildman–Crippen MR) is 208 cm³/mol. The molecule has 57 heavy (non-hydrogen) atoms. The second kappa shape index (κ2) is 17.6. The van der Waals surface area contributed by atoms with Crippen molar-refractivity contribution in [3.8, 4) is 17.2 Å². The van der Waals surface area contributed by atoms with Crippen LogP contribution in [0, 0.1) is 0 Å². The number of nitrogens with one attached hydrogen (secondary N) is 2. The van der Waals surface area contributed by atoms with E-state index in [-0.39, 0.29) is 40.6 Å². The molecule has 4 aromatic heterocycles. The number of benzene rings is 2. The van der Waals surface area contributed by atoms with E-state index in [2.05, 4.69) is 10.6 Å². The summed E-state index contributed by atoms with van der Waals surface area (Å²) in [4.78, 5) is 72.9. The molecule has 0 saturated heterocycles. The van der Waals surface area contributed by atoms with Gasteiger partial charge >= 0.3 is 11.9 Å². The summed E-state index contributed by atoms with van der Waals surface area (Å²) in [5.74, 6) is -5.01. The van der Waals surface area contributed by atoms with Gasteiger partial charge in [-0.2, -0.15) is 0 Å². The molecule has 6 aromatic rings. The number of rotatable bonds is 12. The van der Waals surface area contributed by atoms with E-state index in [0.717, 1.165) is 11.1 Å². The van der Waals surface area contributed by atoms with Crippen molar-refractivity contribution in [1.29, 1.82) is 0 Å². The zero-order valence-corrected chi connectivity index (χ0v) is 32.2. The first kappa shape index (κ1) is 41.7. The Balaban J connectivity index is 0.000000218. The van der Waals surface area contributed by atoms with Crippen LogP contribution in [0.25, 0.3) is 11.0 Å². The minimum Gasteiger partial charge on any atom is -0.505 e. The molecule has 0 fully saturated rings. The van der Waals surface area contributed by atoms with Gasteiger partial charge in [0.2, 0.25) is 0 Å². The molecule has 17 nitrogen and oxygen atoms in total. The topological polar surface area (TPSA) is 235 Å². The highest BCUT2D eigenvalue weighted by Crippen LogP contribution is 2.27. The molecule has 2 amide bonds. The van der Waals surface area contributed by atoms with Gasteiger partial charge in [-0.3, -0.25) is 33.0 Å². The van der Waals surface area contributed by atoms with Crippen LogP contribution in [0.15, 0.2) is 82.6 Å². The van der Waals surface area contributed by atoms with Gasteiger partial charge in [-0.25, -0.2) is 14.2 Å². The second-order valence-electron chi connectivity index (χ2n) is 12.3. The van der Waals surface area contributed by atoms with Crippen molar-refractivity contribution >= 4 is 69.6 Å². The van der Waals surface area contributed by atoms with Crippen molar-refractivity contribution in [2.45, 2.75) is 32.5 Å². The Labute approximate surface area is 336 Å². The third-order valence-corrected chi connectivity index (χ3v) is 9.18. The molecular formula is C37H33Cl3N6O11. The van der Waals surface area contributed by atoms with Crippen molar-refractivity contribution in [3.05, 3.63) is 131 Å². The number of amides is 2. The second-order valence-corrected chi connectivity index (χ2v) is 13.6. The van der Waals surface area contributed by atoms with Crippen LogP contribution >= 0.6 is 34.8 Å². The van der Waals surface area contributed by atoms with E-state index in [0.29, 0.717) is 10.8 Å². The standard InChI is InChI=1S/C19H17Cl2N3O5.C18H16ClN3O6/c1-2-13(19(28)29)22-17(26)15-16(25)14-7-12(21)9-23(14)24(18(15)27)8-10-3-5-11(20)6-4-10;1-28-12-4-2-10(3-5-12)8-22-18(27)15(17(26)20-7-14(23)24)16(25)13-6-11(19)9-21(13)22/h3-7,9,13,25H,2,8H2,1H3,(H,22,26)(H,28,29);2-6,9,25H,7-8H2,1H3,(H,20,26)(H,23,24)/t13-;/m0./s1. The van der Waals surface area contributed by atoms with Gasteiger partial charge in [-0.1, -0.05) is 66.0 Å². The summed E-state index contributed by atoms with van der Waals surface area (Å²) < 4.78 is 10.2. The maximum atomic E-state index is 13.1. The first-order valence-electron chi connectivity index (χ1n) is 16.7. The number of hydrogen-bond acceptors (Lipinski definition) is 9. The number of aromatic nitrogens is 4. The van der Waals surface area contributed by atoms with Crippen LogP contribution < -0.4 is 26.5 Å². The highest BCUT2D eigenvalue weighted by molar-refractivity contribution is 6.31.